The van der Waals surface area contributed by atoms with E-state index in [0.29, 0.717) is 16.5 Å². The minimum absolute atomic E-state index is 0.0332. The molecule has 2 N–H and O–H groups in total. The lowest BCUT2D eigenvalue weighted by molar-refractivity contribution is 0.262. The molecule has 3 aromatic rings. The van der Waals surface area contributed by atoms with Crippen LogP contribution in [0.3, 0.4) is 0 Å². The predicted molar refractivity (Wildman–Crippen MR) is 95.9 cm³/mol. The van der Waals surface area contributed by atoms with Crippen molar-refractivity contribution < 1.29 is 5.11 Å². The van der Waals surface area contributed by atoms with Crippen LogP contribution in [0.4, 0.5) is 5.13 Å². The Morgan fingerprint density at radius 2 is 2.08 bits per heavy atom. The first-order valence-electron chi connectivity index (χ1n) is 7.94. The summed E-state index contributed by atoms with van der Waals surface area (Å²) in [5, 5.41) is 17.9. The van der Waals surface area contributed by atoms with E-state index in [2.05, 4.69) is 22.3 Å². The number of hydrogen-bond donors (Lipinski definition) is 2. The molecule has 0 spiro atoms. The lowest BCUT2D eigenvalue weighted by Crippen LogP contribution is -2.29. The molecule has 2 heterocycles. The minimum atomic E-state index is -0.200. The first-order valence-corrected chi connectivity index (χ1v) is 8.76. The molecule has 2 atom stereocenters. The Labute approximate surface area is 143 Å². The van der Waals surface area contributed by atoms with Gasteiger partial charge in [0.05, 0.1) is 12.6 Å². The first kappa shape index (κ1) is 16.6. The van der Waals surface area contributed by atoms with E-state index in [1.54, 1.807) is 0 Å². The number of nitrogens with one attached hydrogen (secondary N) is 1. The SMILES string of the molecule is CCc1cc(=O)n2nc(N[C@H](CO)[C@H](C)c3ccccc3)sc2n1. The van der Waals surface area contributed by atoms with E-state index in [0.717, 1.165) is 11.3 Å². The molecule has 24 heavy (non-hydrogen) atoms. The molecule has 0 aliphatic rings. The van der Waals surface area contributed by atoms with Gasteiger partial charge in [-0.3, -0.25) is 4.79 Å². The number of aliphatic hydroxyl groups is 1. The molecule has 0 aliphatic heterocycles. The third-order valence-electron chi connectivity index (χ3n) is 4.09. The number of aryl methyl sites for hydroxylation is 1. The summed E-state index contributed by atoms with van der Waals surface area (Å²) in [4.78, 5) is 17.1. The first-order chi connectivity index (χ1) is 11.6. The molecule has 0 fully saturated rings. The quantitative estimate of drug-likeness (QED) is 0.717. The van der Waals surface area contributed by atoms with E-state index in [1.165, 1.54) is 21.9 Å². The second-order valence-electron chi connectivity index (χ2n) is 5.67. The van der Waals surface area contributed by atoms with Crippen molar-refractivity contribution in [3.05, 3.63) is 58.0 Å². The molecule has 0 aliphatic carbocycles. The van der Waals surface area contributed by atoms with E-state index in [9.17, 15) is 9.90 Å². The van der Waals surface area contributed by atoms with Gasteiger partial charge in [-0.05, 0) is 12.0 Å². The van der Waals surface area contributed by atoms with E-state index in [1.807, 2.05) is 37.3 Å². The summed E-state index contributed by atoms with van der Waals surface area (Å²) in [6.45, 7) is 3.98. The summed E-state index contributed by atoms with van der Waals surface area (Å²) in [6.07, 6.45) is 0.705. The van der Waals surface area contributed by atoms with Crippen LogP contribution in [0.25, 0.3) is 4.96 Å². The molecule has 126 valence electrons. The molecule has 0 bridgehead atoms. The number of fused-ring (bicyclic) bond motifs is 1. The Kier molecular flexibility index (Phi) is 4.92. The lowest BCUT2D eigenvalue weighted by Gasteiger charge is -2.23. The van der Waals surface area contributed by atoms with Crippen LogP contribution in [0, 0.1) is 0 Å². The maximum absolute atomic E-state index is 12.1. The Bertz CT molecular complexity index is 875. The van der Waals surface area contributed by atoms with Gasteiger partial charge < -0.3 is 10.4 Å². The van der Waals surface area contributed by atoms with Gasteiger partial charge in [0, 0.05) is 17.7 Å². The Morgan fingerprint density at radius 1 is 1.33 bits per heavy atom. The van der Waals surface area contributed by atoms with Crippen molar-refractivity contribution in [3.63, 3.8) is 0 Å². The monoisotopic (exact) mass is 344 g/mol. The molecule has 1 aromatic carbocycles. The molecule has 7 heteroatoms. The Hall–Kier alpha value is -2.25. The molecule has 6 nitrogen and oxygen atoms in total. The fourth-order valence-electron chi connectivity index (χ4n) is 2.57. The van der Waals surface area contributed by atoms with Crippen molar-refractivity contribution in [1.29, 1.82) is 0 Å². The van der Waals surface area contributed by atoms with Gasteiger partial charge in [-0.25, -0.2) is 4.98 Å². The fourth-order valence-corrected chi connectivity index (χ4v) is 3.46. The van der Waals surface area contributed by atoms with Gasteiger partial charge in [-0.2, -0.15) is 4.52 Å². The highest BCUT2D eigenvalue weighted by Crippen LogP contribution is 2.24. The van der Waals surface area contributed by atoms with E-state index < -0.39 is 0 Å². The number of benzene rings is 1. The number of anilines is 1. The third kappa shape index (κ3) is 3.32. The normalized spacial score (nSPS) is 13.8. The Balaban J connectivity index is 1.87. The summed E-state index contributed by atoms with van der Waals surface area (Å²) in [7, 11) is 0. The number of aromatic nitrogens is 3. The molecular formula is C17H20N4O2S. The van der Waals surface area contributed by atoms with Crippen molar-refractivity contribution in [2.75, 3.05) is 11.9 Å². The fraction of sp³-hybridized carbons (Fsp3) is 0.353. The highest BCUT2D eigenvalue weighted by Gasteiger charge is 2.20. The maximum atomic E-state index is 12.1. The second kappa shape index (κ2) is 7.11. The second-order valence-corrected chi connectivity index (χ2v) is 6.63. The van der Waals surface area contributed by atoms with E-state index >= 15 is 0 Å². The van der Waals surface area contributed by atoms with Crippen LogP contribution in [0.2, 0.25) is 0 Å². The van der Waals surface area contributed by atoms with Crippen LogP contribution < -0.4 is 10.9 Å². The maximum Gasteiger partial charge on any atom is 0.275 e. The number of rotatable bonds is 6. The van der Waals surface area contributed by atoms with E-state index in [-0.39, 0.29) is 24.1 Å². The summed E-state index contributed by atoms with van der Waals surface area (Å²) in [5.74, 6) is 0.0964. The number of nitrogens with zero attached hydrogens (tertiary/aromatic N) is 3. The minimum Gasteiger partial charge on any atom is -0.394 e. The summed E-state index contributed by atoms with van der Waals surface area (Å²) < 4.78 is 1.30. The summed E-state index contributed by atoms with van der Waals surface area (Å²) in [6, 6.07) is 11.3. The molecule has 0 saturated heterocycles. The van der Waals surface area contributed by atoms with Gasteiger partial charge in [0.15, 0.2) is 0 Å². The highest BCUT2D eigenvalue weighted by atomic mass is 32.1. The zero-order valence-corrected chi connectivity index (χ0v) is 14.5. The number of aliphatic hydroxyl groups excluding tert-OH is 1. The molecule has 3 rings (SSSR count). The summed E-state index contributed by atoms with van der Waals surface area (Å²) >= 11 is 1.32. The number of hydrogen-bond acceptors (Lipinski definition) is 6. The summed E-state index contributed by atoms with van der Waals surface area (Å²) in [5.41, 5.74) is 1.71. The standard InChI is InChI=1S/C17H20N4O2S/c1-3-13-9-15(23)21-17(18-13)24-16(20-21)19-14(10-22)11(2)12-7-5-4-6-8-12/h4-9,11,14,22H,3,10H2,1-2H3,(H,19,20)/t11-,14-/m1/s1. The van der Waals surface area contributed by atoms with Gasteiger partial charge in [-0.1, -0.05) is 55.5 Å². The Morgan fingerprint density at radius 3 is 2.75 bits per heavy atom. The third-order valence-corrected chi connectivity index (χ3v) is 4.93. The van der Waals surface area contributed by atoms with Crippen molar-refractivity contribution in [3.8, 4) is 0 Å². The average molecular weight is 344 g/mol. The topological polar surface area (TPSA) is 79.5 Å². The van der Waals surface area contributed by atoms with Gasteiger partial charge in [-0.15, -0.1) is 5.10 Å². The van der Waals surface area contributed by atoms with Crippen LogP contribution in [-0.2, 0) is 6.42 Å². The zero-order chi connectivity index (χ0) is 17.1. The molecule has 2 aromatic heterocycles. The molecule has 0 radical (unpaired) electrons. The molecule has 0 amide bonds. The molecule has 0 saturated carbocycles. The van der Waals surface area contributed by atoms with Crippen molar-refractivity contribution >= 4 is 21.4 Å². The van der Waals surface area contributed by atoms with Gasteiger partial charge in [0.1, 0.15) is 0 Å². The van der Waals surface area contributed by atoms with Gasteiger partial charge in [0.2, 0.25) is 10.1 Å². The van der Waals surface area contributed by atoms with E-state index in [4.69, 9.17) is 0 Å². The smallest absolute Gasteiger partial charge is 0.275 e. The largest absolute Gasteiger partial charge is 0.394 e. The predicted octanol–water partition coefficient (Wildman–Crippen LogP) is 2.29. The van der Waals surface area contributed by atoms with Crippen LogP contribution in [-0.4, -0.2) is 32.4 Å². The molecule has 0 unspecified atom stereocenters. The molecular weight excluding hydrogens is 324 g/mol. The highest BCUT2D eigenvalue weighted by molar-refractivity contribution is 7.20. The van der Waals surface area contributed by atoms with Crippen LogP contribution in [0.15, 0.2) is 41.2 Å². The van der Waals surface area contributed by atoms with Crippen LogP contribution in [0.5, 0.6) is 0 Å². The van der Waals surface area contributed by atoms with Gasteiger partial charge >= 0.3 is 0 Å². The van der Waals surface area contributed by atoms with Crippen molar-refractivity contribution in [1.82, 2.24) is 14.6 Å². The zero-order valence-electron chi connectivity index (χ0n) is 13.6. The van der Waals surface area contributed by atoms with Crippen LogP contribution >= 0.6 is 11.3 Å². The van der Waals surface area contributed by atoms with Crippen molar-refractivity contribution in [2.24, 2.45) is 0 Å². The van der Waals surface area contributed by atoms with Crippen molar-refractivity contribution in [2.45, 2.75) is 32.2 Å². The van der Waals surface area contributed by atoms with Gasteiger partial charge in [0.25, 0.3) is 5.56 Å². The van der Waals surface area contributed by atoms with Crippen LogP contribution in [0.1, 0.15) is 31.0 Å². The average Bonchev–Trinajstić information content (AvgIpc) is 3.03. The lowest BCUT2D eigenvalue weighted by atomic mass is 9.94.